The molecule has 1 aliphatic heterocycles. The van der Waals surface area contributed by atoms with Gasteiger partial charge in [0.25, 0.3) is 0 Å². The highest BCUT2D eigenvalue weighted by atomic mass is 19.1. The van der Waals surface area contributed by atoms with Crippen molar-refractivity contribution in [3.8, 4) is 0 Å². The molecule has 0 aliphatic carbocycles. The number of carboxylic acids is 1. The average molecular weight is 388 g/mol. The predicted molar refractivity (Wildman–Crippen MR) is 96.6 cm³/mol. The van der Waals surface area contributed by atoms with E-state index in [0.29, 0.717) is 17.8 Å². The number of nitrogens with zero attached hydrogens (tertiary/aromatic N) is 1. The molecule has 2 N–H and O–H groups in total. The van der Waals surface area contributed by atoms with Crippen LogP contribution in [0.1, 0.15) is 17.9 Å². The summed E-state index contributed by atoms with van der Waals surface area (Å²) < 4.78 is 26.1. The van der Waals surface area contributed by atoms with Crippen molar-refractivity contribution in [2.75, 3.05) is 18.0 Å². The first-order valence-electron chi connectivity index (χ1n) is 8.69. The van der Waals surface area contributed by atoms with Crippen LogP contribution >= 0.6 is 0 Å². The maximum Gasteiger partial charge on any atom is 0.312 e. The average Bonchev–Trinajstić information content (AvgIpc) is 3.05. The summed E-state index contributed by atoms with van der Waals surface area (Å²) in [5.74, 6) is -5.07. The minimum absolute atomic E-state index is 0.222. The van der Waals surface area contributed by atoms with Crippen molar-refractivity contribution in [3.63, 3.8) is 0 Å². The van der Waals surface area contributed by atoms with Gasteiger partial charge in [-0.05, 0) is 48.4 Å². The van der Waals surface area contributed by atoms with E-state index in [2.05, 4.69) is 5.32 Å². The Hall–Kier alpha value is -3.29. The van der Waals surface area contributed by atoms with Crippen LogP contribution in [0.4, 0.5) is 14.5 Å². The zero-order chi connectivity index (χ0) is 20.3. The molecule has 1 fully saturated rings. The molecule has 1 saturated heterocycles. The fourth-order valence-corrected chi connectivity index (χ4v) is 3.17. The monoisotopic (exact) mass is 388 g/mol. The SMILES string of the molecule is O=C(NCC(C(=O)O)c1ccc(F)cc1)C1CCN(c2ccc(F)cc2)C1=O. The highest BCUT2D eigenvalue weighted by Crippen LogP contribution is 2.26. The van der Waals surface area contributed by atoms with Crippen LogP contribution in [0.25, 0.3) is 0 Å². The molecule has 8 heteroatoms. The fraction of sp³-hybridized carbons (Fsp3) is 0.250. The summed E-state index contributed by atoms with van der Waals surface area (Å²) in [4.78, 5) is 37.9. The van der Waals surface area contributed by atoms with Crippen LogP contribution < -0.4 is 10.2 Å². The molecular weight excluding hydrogens is 370 g/mol. The number of amides is 2. The molecule has 3 rings (SSSR count). The molecule has 0 spiro atoms. The smallest absolute Gasteiger partial charge is 0.312 e. The van der Waals surface area contributed by atoms with Gasteiger partial charge in [-0.1, -0.05) is 12.1 Å². The number of carbonyl (C=O) groups is 3. The largest absolute Gasteiger partial charge is 0.481 e. The maximum atomic E-state index is 13.0. The molecule has 1 heterocycles. The lowest BCUT2D eigenvalue weighted by Gasteiger charge is -2.18. The number of carboxylic acid groups (broad SMARTS) is 1. The van der Waals surface area contributed by atoms with Gasteiger partial charge >= 0.3 is 5.97 Å². The molecule has 6 nitrogen and oxygen atoms in total. The maximum absolute atomic E-state index is 13.0. The number of hydrogen-bond donors (Lipinski definition) is 2. The Morgan fingerprint density at radius 2 is 1.64 bits per heavy atom. The number of rotatable bonds is 6. The highest BCUT2D eigenvalue weighted by Gasteiger charge is 2.38. The number of nitrogens with one attached hydrogen (secondary N) is 1. The van der Waals surface area contributed by atoms with Gasteiger partial charge < -0.3 is 15.3 Å². The van der Waals surface area contributed by atoms with Crippen LogP contribution in [0, 0.1) is 17.6 Å². The minimum atomic E-state index is -1.17. The van der Waals surface area contributed by atoms with Gasteiger partial charge in [-0.15, -0.1) is 0 Å². The third-order valence-electron chi connectivity index (χ3n) is 4.71. The Morgan fingerprint density at radius 1 is 1.07 bits per heavy atom. The Labute approximate surface area is 159 Å². The molecule has 146 valence electrons. The lowest BCUT2D eigenvalue weighted by atomic mass is 9.98. The second-order valence-electron chi connectivity index (χ2n) is 6.50. The molecule has 2 unspecified atom stereocenters. The molecule has 0 radical (unpaired) electrons. The van der Waals surface area contributed by atoms with E-state index in [9.17, 15) is 28.3 Å². The number of hydrogen-bond acceptors (Lipinski definition) is 3. The summed E-state index contributed by atoms with van der Waals surface area (Å²) >= 11 is 0. The molecular formula is C20H18F2N2O4. The van der Waals surface area contributed by atoms with Gasteiger partial charge in [0.15, 0.2) is 0 Å². The van der Waals surface area contributed by atoms with Crippen LogP contribution in [0.15, 0.2) is 48.5 Å². The van der Waals surface area contributed by atoms with E-state index in [-0.39, 0.29) is 13.0 Å². The molecule has 2 aromatic rings. The first kappa shape index (κ1) is 19.5. The van der Waals surface area contributed by atoms with Gasteiger partial charge in [0.1, 0.15) is 17.6 Å². The standard InChI is InChI=1S/C20H18F2N2O4/c21-13-3-1-12(2-4-13)17(20(27)28)11-23-18(25)16-9-10-24(19(16)26)15-7-5-14(22)6-8-15/h1-8,16-17H,9-11H2,(H,23,25)(H,27,28). The Kier molecular flexibility index (Phi) is 5.67. The third-order valence-corrected chi connectivity index (χ3v) is 4.71. The van der Waals surface area contributed by atoms with Gasteiger partial charge in [0.2, 0.25) is 11.8 Å². The van der Waals surface area contributed by atoms with E-state index in [1.807, 2.05) is 0 Å². The Balaban J connectivity index is 1.64. The van der Waals surface area contributed by atoms with E-state index in [1.54, 1.807) is 0 Å². The summed E-state index contributed by atoms with van der Waals surface area (Å²) in [5, 5.41) is 11.9. The second kappa shape index (κ2) is 8.16. The molecule has 2 aromatic carbocycles. The van der Waals surface area contributed by atoms with Crippen molar-refractivity contribution in [2.45, 2.75) is 12.3 Å². The van der Waals surface area contributed by atoms with Crippen LogP contribution in [0.2, 0.25) is 0 Å². The van der Waals surface area contributed by atoms with E-state index in [0.717, 1.165) is 12.1 Å². The van der Waals surface area contributed by atoms with Crippen LogP contribution in [-0.4, -0.2) is 36.0 Å². The zero-order valence-electron chi connectivity index (χ0n) is 14.8. The summed E-state index contributed by atoms with van der Waals surface area (Å²) in [5.41, 5.74) is 0.844. The number of halogens is 2. The predicted octanol–water partition coefficient (Wildman–Crippen LogP) is 2.30. The number of anilines is 1. The van der Waals surface area contributed by atoms with Crippen molar-refractivity contribution in [3.05, 3.63) is 65.7 Å². The normalized spacial score (nSPS) is 17.4. The van der Waals surface area contributed by atoms with E-state index >= 15 is 0 Å². The molecule has 1 aliphatic rings. The van der Waals surface area contributed by atoms with Crippen molar-refractivity contribution in [2.24, 2.45) is 5.92 Å². The quantitative estimate of drug-likeness (QED) is 0.744. The number of aliphatic carboxylic acids is 1. The Morgan fingerprint density at radius 3 is 2.21 bits per heavy atom. The highest BCUT2D eigenvalue weighted by molar-refractivity contribution is 6.09. The van der Waals surface area contributed by atoms with Gasteiger partial charge in [-0.3, -0.25) is 14.4 Å². The summed E-state index contributed by atoms with van der Waals surface area (Å²) in [6.45, 7) is 0.0863. The summed E-state index contributed by atoms with van der Waals surface area (Å²) in [6.07, 6.45) is 0.274. The molecule has 0 aromatic heterocycles. The van der Waals surface area contributed by atoms with Crippen molar-refractivity contribution in [1.82, 2.24) is 5.32 Å². The topological polar surface area (TPSA) is 86.7 Å². The molecule has 0 bridgehead atoms. The van der Waals surface area contributed by atoms with Gasteiger partial charge in [-0.25, -0.2) is 8.78 Å². The summed E-state index contributed by atoms with van der Waals surface area (Å²) in [7, 11) is 0. The van der Waals surface area contributed by atoms with Crippen molar-refractivity contribution in [1.29, 1.82) is 0 Å². The van der Waals surface area contributed by atoms with Crippen molar-refractivity contribution < 1.29 is 28.3 Å². The number of carbonyl (C=O) groups excluding carboxylic acids is 2. The zero-order valence-corrected chi connectivity index (χ0v) is 14.8. The van der Waals surface area contributed by atoms with Crippen LogP contribution in [0.5, 0.6) is 0 Å². The van der Waals surface area contributed by atoms with Gasteiger partial charge in [-0.2, -0.15) is 0 Å². The Bertz CT molecular complexity index is 884. The number of benzene rings is 2. The molecule has 2 atom stereocenters. The minimum Gasteiger partial charge on any atom is -0.481 e. The molecule has 0 saturated carbocycles. The van der Waals surface area contributed by atoms with E-state index in [4.69, 9.17) is 0 Å². The molecule has 28 heavy (non-hydrogen) atoms. The fourth-order valence-electron chi connectivity index (χ4n) is 3.17. The van der Waals surface area contributed by atoms with Gasteiger partial charge in [0, 0.05) is 18.8 Å². The summed E-state index contributed by atoms with van der Waals surface area (Å²) in [6, 6.07) is 10.4. The lowest BCUT2D eigenvalue weighted by molar-refractivity contribution is -0.138. The second-order valence-corrected chi connectivity index (χ2v) is 6.50. The van der Waals surface area contributed by atoms with Gasteiger partial charge in [0.05, 0.1) is 5.92 Å². The lowest BCUT2D eigenvalue weighted by Crippen LogP contribution is -2.39. The van der Waals surface area contributed by atoms with Crippen molar-refractivity contribution >= 4 is 23.5 Å². The van der Waals surface area contributed by atoms with Crippen LogP contribution in [-0.2, 0) is 14.4 Å². The third kappa shape index (κ3) is 4.16. The first-order valence-corrected chi connectivity index (χ1v) is 8.69. The molecule has 2 amide bonds. The van der Waals surface area contributed by atoms with E-state index in [1.165, 1.54) is 41.3 Å². The first-order chi connectivity index (χ1) is 13.4. The van der Waals surface area contributed by atoms with Crippen LogP contribution in [0.3, 0.4) is 0 Å². The van der Waals surface area contributed by atoms with E-state index < -0.39 is 41.3 Å².